The van der Waals surface area contributed by atoms with Crippen LogP contribution in [0.4, 0.5) is 11.4 Å². The molecule has 4 rings (SSSR count). The fraction of sp³-hybridized carbons (Fsp3) is 0.547. The summed E-state index contributed by atoms with van der Waals surface area (Å²) in [6.07, 6.45) is 33.2. The fourth-order valence-corrected chi connectivity index (χ4v) is 8.49. The third-order valence-electron chi connectivity index (χ3n) is 12.1. The molecule has 0 aliphatic carbocycles. The maximum atomic E-state index is 6.02. The number of rotatable bonds is 30. The van der Waals surface area contributed by atoms with E-state index in [0.29, 0.717) is 11.8 Å². The van der Waals surface area contributed by atoms with Crippen molar-refractivity contribution in [2.24, 2.45) is 0 Å². The zero-order valence-corrected chi connectivity index (χ0v) is 35.2. The molecule has 0 heterocycles. The molecule has 0 saturated carbocycles. The van der Waals surface area contributed by atoms with Crippen molar-refractivity contribution < 1.29 is 0 Å². The highest BCUT2D eigenvalue weighted by Gasteiger charge is 2.16. The van der Waals surface area contributed by atoms with Crippen molar-refractivity contribution in [3.05, 3.63) is 130 Å². The van der Waals surface area contributed by atoms with Crippen LogP contribution in [0, 0.1) is 0 Å². The topological polar surface area (TPSA) is 52.0 Å². The Kier molecular flexibility index (Phi) is 21.8. The van der Waals surface area contributed by atoms with Gasteiger partial charge in [0.05, 0.1) is 0 Å². The number of aryl methyl sites for hydroxylation is 2. The molecule has 2 heteroatoms. The summed E-state index contributed by atoms with van der Waals surface area (Å²) in [5, 5.41) is 0. The van der Waals surface area contributed by atoms with Gasteiger partial charge in [0.1, 0.15) is 0 Å². The minimum absolute atomic E-state index is 0.464. The first kappa shape index (κ1) is 44.2. The summed E-state index contributed by atoms with van der Waals surface area (Å²) in [4.78, 5) is 0. The smallest absolute Gasteiger partial charge is 0.0314 e. The van der Waals surface area contributed by atoms with Crippen molar-refractivity contribution in [1.29, 1.82) is 0 Å². The Hall–Kier alpha value is -3.52. The third-order valence-corrected chi connectivity index (χ3v) is 12.1. The Bertz CT molecular complexity index is 1390. The van der Waals surface area contributed by atoms with Crippen molar-refractivity contribution in [3.8, 4) is 0 Å². The largest absolute Gasteiger partial charge is 0.399 e. The normalized spacial score (nSPS) is 12.5. The van der Waals surface area contributed by atoms with Crippen LogP contribution in [-0.4, -0.2) is 0 Å². The molecule has 2 unspecified atom stereocenters. The van der Waals surface area contributed by atoms with E-state index < -0.39 is 0 Å². The molecule has 4 N–H and O–H groups in total. The maximum absolute atomic E-state index is 6.02. The lowest BCUT2D eigenvalue weighted by atomic mass is 9.86. The summed E-state index contributed by atoms with van der Waals surface area (Å²) in [5.41, 5.74) is 22.4. The van der Waals surface area contributed by atoms with Gasteiger partial charge in [0.2, 0.25) is 0 Å². The van der Waals surface area contributed by atoms with E-state index in [4.69, 9.17) is 11.5 Å². The molecule has 0 fully saturated rings. The van der Waals surface area contributed by atoms with E-state index in [0.717, 1.165) is 11.4 Å². The van der Waals surface area contributed by atoms with E-state index in [2.05, 4.69) is 111 Å². The summed E-state index contributed by atoms with van der Waals surface area (Å²) < 4.78 is 0. The van der Waals surface area contributed by atoms with E-state index >= 15 is 0 Å². The van der Waals surface area contributed by atoms with Gasteiger partial charge in [0.15, 0.2) is 0 Å². The molecule has 300 valence electrons. The molecule has 2 nitrogen and oxygen atoms in total. The van der Waals surface area contributed by atoms with Crippen LogP contribution in [0.1, 0.15) is 207 Å². The van der Waals surface area contributed by atoms with Gasteiger partial charge in [0.25, 0.3) is 0 Å². The first-order valence-corrected chi connectivity index (χ1v) is 23.0. The van der Waals surface area contributed by atoms with Gasteiger partial charge in [-0.15, -0.1) is 0 Å². The molecule has 0 bridgehead atoms. The zero-order chi connectivity index (χ0) is 38.8. The predicted octanol–water partition coefficient (Wildman–Crippen LogP) is 15.9. The van der Waals surface area contributed by atoms with Crippen LogP contribution in [0.15, 0.2) is 97.1 Å². The minimum Gasteiger partial charge on any atom is -0.399 e. The van der Waals surface area contributed by atoms with E-state index in [-0.39, 0.29) is 0 Å². The molecule has 0 spiro atoms. The number of hydrogen-bond acceptors (Lipinski definition) is 2. The highest BCUT2D eigenvalue weighted by atomic mass is 14.5. The van der Waals surface area contributed by atoms with Crippen molar-refractivity contribution in [1.82, 2.24) is 0 Å². The van der Waals surface area contributed by atoms with Crippen molar-refractivity contribution in [2.45, 2.75) is 186 Å². The molecule has 4 aromatic carbocycles. The highest BCUT2D eigenvalue weighted by Crippen LogP contribution is 2.33. The molecule has 0 aliphatic rings. The van der Waals surface area contributed by atoms with Gasteiger partial charge >= 0.3 is 0 Å². The predicted molar refractivity (Wildman–Crippen MR) is 243 cm³/mol. The number of benzene rings is 4. The number of hydrogen-bond donors (Lipinski definition) is 2. The molecule has 0 radical (unpaired) electrons. The standard InChI is InChI=1S/C53H78N2/c1-3-5-7-9-18-22-26-52(48-36-40-50(54)41-37-48)46-32-28-44(29-33-46)24-20-16-14-12-11-13-15-17-21-25-45-30-34-47(35-31-45)53(27-23-19-10-8-6-4-2)49-38-42-51(55)43-39-49/h28-43,52-53H,3-27,54-55H2,1-2H3. The molecule has 0 aromatic heterocycles. The second-order valence-corrected chi connectivity index (χ2v) is 16.7. The van der Waals surface area contributed by atoms with Crippen LogP contribution >= 0.6 is 0 Å². The molecule has 0 aliphatic heterocycles. The first-order chi connectivity index (χ1) is 27.1. The van der Waals surface area contributed by atoms with Gasteiger partial charge in [0, 0.05) is 23.2 Å². The minimum atomic E-state index is 0.464. The van der Waals surface area contributed by atoms with Gasteiger partial charge in [-0.2, -0.15) is 0 Å². The van der Waals surface area contributed by atoms with Crippen molar-refractivity contribution in [3.63, 3.8) is 0 Å². The number of anilines is 2. The molecular formula is C53H78N2. The monoisotopic (exact) mass is 743 g/mol. The summed E-state index contributed by atoms with van der Waals surface area (Å²) in [6, 6.07) is 36.4. The lowest BCUT2D eigenvalue weighted by Gasteiger charge is -2.19. The first-order valence-electron chi connectivity index (χ1n) is 23.0. The maximum Gasteiger partial charge on any atom is 0.0314 e. The molecular weight excluding hydrogens is 665 g/mol. The van der Waals surface area contributed by atoms with Crippen LogP contribution in [-0.2, 0) is 12.8 Å². The van der Waals surface area contributed by atoms with Crippen LogP contribution in [0.5, 0.6) is 0 Å². The van der Waals surface area contributed by atoms with Gasteiger partial charge in [-0.3, -0.25) is 0 Å². The Balaban J connectivity index is 1.07. The van der Waals surface area contributed by atoms with E-state index in [1.165, 1.54) is 194 Å². The molecule has 4 aromatic rings. The third kappa shape index (κ3) is 17.4. The summed E-state index contributed by atoms with van der Waals surface area (Å²) in [6.45, 7) is 4.59. The molecule has 0 amide bonds. The van der Waals surface area contributed by atoms with Gasteiger partial charge in [-0.1, -0.05) is 209 Å². The Morgan fingerprint density at radius 1 is 0.309 bits per heavy atom. The van der Waals surface area contributed by atoms with Gasteiger partial charge in [-0.25, -0.2) is 0 Å². The van der Waals surface area contributed by atoms with E-state index in [9.17, 15) is 0 Å². The van der Waals surface area contributed by atoms with Crippen molar-refractivity contribution in [2.75, 3.05) is 11.5 Å². The Morgan fingerprint density at radius 2 is 0.564 bits per heavy atom. The Morgan fingerprint density at radius 3 is 0.873 bits per heavy atom. The van der Waals surface area contributed by atoms with Crippen LogP contribution in [0.2, 0.25) is 0 Å². The zero-order valence-electron chi connectivity index (χ0n) is 35.2. The molecule has 2 atom stereocenters. The quantitative estimate of drug-likeness (QED) is 0.0413. The SMILES string of the molecule is CCCCCCCCC(c1ccc(N)cc1)c1ccc(CCCCCCCCCCCc2ccc(C(CCCCCCCC)c3ccc(N)cc3)cc2)cc1. The summed E-state index contributed by atoms with van der Waals surface area (Å²) in [7, 11) is 0. The highest BCUT2D eigenvalue weighted by molar-refractivity contribution is 5.44. The fourth-order valence-electron chi connectivity index (χ4n) is 8.49. The second-order valence-electron chi connectivity index (χ2n) is 16.7. The molecule has 0 saturated heterocycles. The number of nitrogens with two attached hydrogens (primary N) is 2. The van der Waals surface area contributed by atoms with Crippen LogP contribution < -0.4 is 11.5 Å². The number of nitrogen functional groups attached to an aromatic ring is 2. The summed E-state index contributed by atoms with van der Waals surface area (Å²) >= 11 is 0. The average Bonchev–Trinajstić information content (AvgIpc) is 3.21. The van der Waals surface area contributed by atoms with Crippen LogP contribution in [0.25, 0.3) is 0 Å². The van der Waals surface area contributed by atoms with Gasteiger partial charge < -0.3 is 11.5 Å². The summed E-state index contributed by atoms with van der Waals surface area (Å²) in [5.74, 6) is 0.928. The van der Waals surface area contributed by atoms with Crippen LogP contribution in [0.3, 0.4) is 0 Å². The van der Waals surface area contributed by atoms with Gasteiger partial charge in [-0.05, 0) is 96.2 Å². The second kappa shape index (κ2) is 27.1. The average molecular weight is 743 g/mol. The lowest BCUT2D eigenvalue weighted by molar-refractivity contribution is 0.558. The van der Waals surface area contributed by atoms with E-state index in [1.807, 2.05) is 0 Å². The lowest BCUT2D eigenvalue weighted by Crippen LogP contribution is -2.02. The molecule has 55 heavy (non-hydrogen) atoms. The van der Waals surface area contributed by atoms with Crippen molar-refractivity contribution >= 4 is 11.4 Å². The number of unbranched alkanes of at least 4 members (excludes halogenated alkanes) is 18. The van der Waals surface area contributed by atoms with E-state index in [1.54, 1.807) is 0 Å². The Labute approximate surface area is 338 Å².